The Morgan fingerprint density at radius 2 is 2.00 bits per heavy atom. The summed E-state index contributed by atoms with van der Waals surface area (Å²) in [4.78, 5) is 6.99. The topological polar surface area (TPSA) is 28.2 Å². The maximum absolute atomic E-state index is 4.34. The van der Waals surface area contributed by atoms with Crippen LogP contribution in [0.3, 0.4) is 0 Å². The normalized spacial score (nSPS) is 19.1. The van der Waals surface area contributed by atoms with E-state index in [9.17, 15) is 0 Å². The molecule has 0 bridgehead atoms. The lowest BCUT2D eigenvalue weighted by atomic mass is 10.1. The fraction of sp³-hybridized carbons (Fsp3) is 0.706. The summed E-state index contributed by atoms with van der Waals surface area (Å²) < 4.78 is 0. The van der Waals surface area contributed by atoms with Gasteiger partial charge < -0.3 is 10.2 Å². The Bertz CT molecular complexity index is 456. The van der Waals surface area contributed by atoms with Gasteiger partial charge in [0, 0.05) is 48.3 Å². The molecule has 0 spiro atoms. The third-order valence-corrected chi connectivity index (χ3v) is 4.14. The van der Waals surface area contributed by atoms with Crippen molar-refractivity contribution in [1.29, 1.82) is 0 Å². The minimum absolute atomic E-state index is 0.147. The highest BCUT2D eigenvalue weighted by Gasteiger charge is 2.34. The molecule has 0 aromatic carbocycles. The second kappa shape index (κ2) is 5.36. The van der Waals surface area contributed by atoms with Crippen molar-refractivity contribution in [3.05, 3.63) is 24.0 Å². The number of nitrogens with one attached hydrogen (secondary N) is 1. The molecule has 3 nitrogen and oxygen atoms in total. The summed E-state index contributed by atoms with van der Waals surface area (Å²) in [6.07, 6.45) is 9.55. The van der Waals surface area contributed by atoms with E-state index in [1.54, 1.807) is 0 Å². The Labute approximate surface area is 122 Å². The van der Waals surface area contributed by atoms with Crippen molar-refractivity contribution in [3.63, 3.8) is 0 Å². The molecule has 3 heteroatoms. The molecule has 3 rings (SSSR count). The number of anilines is 1. The van der Waals surface area contributed by atoms with E-state index >= 15 is 0 Å². The van der Waals surface area contributed by atoms with Crippen molar-refractivity contribution < 1.29 is 0 Å². The van der Waals surface area contributed by atoms with Gasteiger partial charge in [-0.15, -0.1) is 0 Å². The Morgan fingerprint density at radius 1 is 1.25 bits per heavy atom. The number of hydrogen-bond donors (Lipinski definition) is 1. The Morgan fingerprint density at radius 3 is 2.60 bits per heavy atom. The summed E-state index contributed by atoms with van der Waals surface area (Å²) in [5, 5.41) is 3.60. The van der Waals surface area contributed by atoms with E-state index in [0.717, 1.165) is 18.5 Å². The van der Waals surface area contributed by atoms with E-state index in [-0.39, 0.29) is 5.54 Å². The minimum Gasteiger partial charge on any atom is -0.368 e. The average Bonchev–Trinajstić information content (AvgIpc) is 3.25. The summed E-state index contributed by atoms with van der Waals surface area (Å²) in [6, 6.07) is 2.99. The van der Waals surface area contributed by atoms with Crippen LogP contribution in [0.4, 0.5) is 5.69 Å². The van der Waals surface area contributed by atoms with Gasteiger partial charge in [0.15, 0.2) is 0 Å². The molecule has 2 fully saturated rings. The molecule has 2 aliphatic carbocycles. The van der Waals surface area contributed by atoms with Gasteiger partial charge in [-0.05, 0) is 58.4 Å². The van der Waals surface area contributed by atoms with Gasteiger partial charge in [0.2, 0.25) is 0 Å². The highest BCUT2D eigenvalue weighted by atomic mass is 15.2. The molecule has 1 aromatic heterocycles. The van der Waals surface area contributed by atoms with Crippen LogP contribution in [-0.2, 0) is 6.54 Å². The largest absolute Gasteiger partial charge is 0.368 e. The highest BCUT2D eigenvalue weighted by Crippen LogP contribution is 2.38. The average molecular weight is 273 g/mol. The van der Waals surface area contributed by atoms with Crippen molar-refractivity contribution in [2.24, 2.45) is 5.92 Å². The molecule has 0 amide bonds. The molecule has 2 aliphatic rings. The maximum atomic E-state index is 4.34. The molecule has 110 valence electrons. The second-order valence-corrected chi connectivity index (χ2v) is 7.43. The van der Waals surface area contributed by atoms with E-state index in [2.05, 4.69) is 42.0 Å². The monoisotopic (exact) mass is 273 g/mol. The Hall–Kier alpha value is -1.09. The maximum Gasteiger partial charge on any atom is 0.0445 e. The van der Waals surface area contributed by atoms with Crippen molar-refractivity contribution >= 4 is 5.69 Å². The van der Waals surface area contributed by atoms with Gasteiger partial charge in [0.1, 0.15) is 0 Å². The van der Waals surface area contributed by atoms with Gasteiger partial charge in [0.25, 0.3) is 0 Å². The van der Waals surface area contributed by atoms with E-state index < -0.39 is 0 Å². The van der Waals surface area contributed by atoms with E-state index in [0.29, 0.717) is 0 Å². The first kappa shape index (κ1) is 13.9. The molecular formula is C17H27N3. The third-order valence-electron chi connectivity index (χ3n) is 4.14. The van der Waals surface area contributed by atoms with Crippen LogP contribution >= 0.6 is 0 Å². The zero-order chi connectivity index (χ0) is 14.2. The summed E-state index contributed by atoms with van der Waals surface area (Å²) in [6.45, 7) is 8.79. The number of pyridine rings is 1. The number of hydrogen-bond acceptors (Lipinski definition) is 3. The standard InChI is InChI=1S/C17H27N3/c1-17(2,3)19-11-14-10-18-9-8-16(14)20(15-6-7-15)12-13-4-5-13/h8-10,13,15,19H,4-7,11-12H2,1-3H3. The van der Waals surface area contributed by atoms with Crippen LogP contribution in [0.2, 0.25) is 0 Å². The molecule has 1 heterocycles. The van der Waals surface area contributed by atoms with Crippen LogP contribution in [-0.4, -0.2) is 23.1 Å². The van der Waals surface area contributed by atoms with Crippen molar-refractivity contribution in [2.45, 2.75) is 64.6 Å². The summed E-state index contributed by atoms with van der Waals surface area (Å²) in [7, 11) is 0. The van der Waals surface area contributed by atoms with Crippen LogP contribution in [0, 0.1) is 5.92 Å². The molecule has 20 heavy (non-hydrogen) atoms. The first-order valence-electron chi connectivity index (χ1n) is 7.97. The summed E-state index contributed by atoms with van der Waals surface area (Å²) in [5.41, 5.74) is 2.90. The Balaban J connectivity index is 1.76. The van der Waals surface area contributed by atoms with Gasteiger partial charge >= 0.3 is 0 Å². The van der Waals surface area contributed by atoms with Gasteiger partial charge in [-0.2, -0.15) is 0 Å². The van der Waals surface area contributed by atoms with Crippen LogP contribution in [0.15, 0.2) is 18.5 Å². The number of aromatic nitrogens is 1. The quantitative estimate of drug-likeness (QED) is 0.861. The molecule has 0 aliphatic heterocycles. The SMILES string of the molecule is CC(C)(C)NCc1cnccc1N(CC1CC1)C1CC1. The first-order chi connectivity index (χ1) is 9.53. The molecule has 0 saturated heterocycles. The molecule has 0 unspecified atom stereocenters. The fourth-order valence-corrected chi connectivity index (χ4v) is 2.61. The Kier molecular flexibility index (Phi) is 3.72. The molecule has 0 atom stereocenters. The van der Waals surface area contributed by atoms with E-state index in [1.807, 2.05) is 12.4 Å². The highest BCUT2D eigenvalue weighted by molar-refractivity contribution is 5.54. The fourth-order valence-electron chi connectivity index (χ4n) is 2.61. The molecule has 2 saturated carbocycles. The van der Waals surface area contributed by atoms with Crippen molar-refractivity contribution in [2.75, 3.05) is 11.4 Å². The predicted octanol–water partition coefficient (Wildman–Crippen LogP) is 3.35. The van der Waals surface area contributed by atoms with Crippen molar-refractivity contribution in [1.82, 2.24) is 10.3 Å². The van der Waals surface area contributed by atoms with Gasteiger partial charge in [0.05, 0.1) is 0 Å². The smallest absolute Gasteiger partial charge is 0.0445 e. The third kappa shape index (κ3) is 3.72. The molecule has 0 radical (unpaired) electrons. The van der Waals surface area contributed by atoms with E-state index in [1.165, 1.54) is 43.5 Å². The van der Waals surface area contributed by atoms with Gasteiger partial charge in [-0.25, -0.2) is 0 Å². The summed E-state index contributed by atoms with van der Waals surface area (Å²) >= 11 is 0. The zero-order valence-electron chi connectivity index (χ0n) is 13.0. The minimum atomic E-state index is 0.147. The zero-order valence-corrected chi connectivity index (χ0v) is 13.0. The molecular weight excluding hydrogens is 246 g/mol. The van der Waals surface area contributed by atoms with Crippen LogP contribution in [0.5, 0.6) is 0 Å². The lowest BCUT2D eigenvalue weighted by Crippen LogP contribution is -2.36. The number of nitrogens with zero attached hydrogens (tertiary/aromatic N) is 2. The lowest BCUT2D eigenvalue weighted by molar-refractivity contribution is 0.424. The molecule has 1 N–H and O–H groups in total. The van der Waals surface area contributed by atoms with Gasteiger partial charge in [-0.3, -0.25) is 4.98 Å². The van der Waals surface area contributed by atoms with Crippen LogP contribution in [0.25, 0.3) is 0 Å². The first-order valence-corrected chi connectivity index (χ1v) is 7.97. The van der Waals surface area contributed by atoms with Gasteiger partial charge in [-0.1, -0.05) is 0 Å². The number of rotatable bonds is 6. The molecule has 1 aromatic rings. The summed E-state index contributed by atoms with van der Waals surface area (Å²) in [5.74, 6) is 0.937. The van der Waals surface area contributed by atoms with Crippen LogP contribution in [0.1, 0.15) is 52.0 Å². The van der Waals surface area contributed by atoms with E-state index in [4.69, 9.17) is 0 Å². The second-order valence-electron chi connectivity index (χ2n) is 7.43. The van der Waals surface area contributed by atoms with Crippen molar-refractivity contribution in [3.8, 4) is 0 Å². The van der Waals surface area contributed by atoms with Crippen LogP contribution < -0.4 is 10.2 Å². The lowest BCUT2D eigenvalue weighted by Gasteiger charge is -2.28. The predicted molar refractivity (Wildman–Crippen MR) is 83.9 cm³/mol.